The number of hydrogen-bond acceptors (Lipinski definition) is 4. The maximum atomic E-state index is 12.7. The fourth-order valence-electron chi connectivity index (χ4n) is 2.44. The standard InChI is InChI=1S/C19H18ClN5O2/c1-11-4-8-15(9-5-11)25-18(21-13(3)26)17(23-24-25)19(27)22-14-7-6-12(2)16(20)10-14/h4-10H,1-3H3,(H,21,26)(H,22,27). The lowest BCUT2D eigenvalue weighted by Crippen LogP contribution is -2.18. The van der Waals surface area contributed by atoms with Crippen LogP contribution in [0.2, 0.25) is 5.02 Å². The molecule has 7 nitrogen and oxygen atoms in total. The van der Waals surface area contributed by atoms with Crippen LogP contribution < -0.4 is 10.6 Å². The normalized spacial score (nSPS) is 10.5. The van der Waals surface area contributed by atoms with Crippen molar-refractivity contribution >= 4 is 34.9 Å². The highest BCUT2D eigenvalue weighted by Gasteiger charge is 2.22. The van der Waals surface area contributed by atoms with Crippen molar-refractivity contribution in [2.45, 2.75) is 20.8 Å². The van der Waals surface area contributed by atoms with Gasteiger partial charge >= 0.3 is 0 Å². The van der Waals surface area contributed by atoms with E-state index in [-0.39, 0.29) is 17.4 Å². The zero-order chi connectivity index (χ0) is 19.6. The Kier molecular flexibility index (Phi) is 5.23. The molecule has 2 N–H and O–H groups in total. The summed E-state index contributed by atoms with van der Waals surface area (Å²) >= 11 is 6.10. The topological polar surface area (TPSA) is 88.9 Å². The Hall–Kier alpha value is -3.19. The van der Waals surface area contributed by atoms with Gasteiger partial charge in [-0.3, -0.25) is 9.59 Å². The van der Waals surface area contributed by atoms with Gasteiger partial charge in [0.2, 0.25) is 5.91 Å². The van der Waals surface area contributed by atoms with Crippen LogP contribution in [0.1, 0.15) is 28.5 Å². The van der Waals surface area contributed by atoms with Crippen LogP contribution in [0.25, 0.3) is 5.69 Å². The maximum absolute atomic E-state index is 12.7. The zero-order valence-electron chi connectivity index (χ0n) is 15.1. The van der Waals surface area contributed by atoms with Crippen LogP contribution in [-0.2, 0) is 4.79 Å². The third-order valence-electron chi connectivity index (χ3n) is 3.89. The first-order valence-corrected chi connectivity index (χ1v) is 8.61. The Labute approximate surface area is 161 Å². The van der Waals surface area contributed by atoms with Gasteiger partial charge in [-0.1, -0.05) is 40.6 Å². The second-order valence-electron chi connectivity index (χ2n) is 6.13. The first-order chi connectivity index (χ1) is 12.8. The average molecular weight is 384 g/mol. The Bertz CT molecular complexity index is 1010. The van der Waals surface area contributed by atoms with Gasteiger partial charge in [-0.2, -0.15) is 4.68 Å². The molecule has 0 atom stereocenters. The number of nitrogens with one attached hydrogen (secondary N) is 2. The van der Waals surface area contributed by atoms with E-state index in [1.807, 2.05) is 38.1 Å². The Morgan fingerprint density at radius 3 is 2.37 bits per heavy atom. The molecule has 0 aliphatic rings. The number of carbonyl (C=O) groups excluding carboxylic acids is 2. The number of rotatable bonds is 4. The number of halogens is 1. The number of hydrogen-bond donors (Lipinski definition) is 2. The van der Waals surface area contributed by atoms with Gasteiger partial charge in [0.05, 0.1) is 5.69 Å². The molecular weight excluding hydrogens is 366 g/mol. The van der Waals surface area contributed by atoms with E-state index < -0.39 is 5.91 Å². The highest BCUT2D eigenvalue weighted by atomic mass is 35.5. The molecule has 0 saturated carbocycles. The van der Waals surface area contributed by atoms with Crippen molar-refractivity contribution in [1.82, 2.24) is 15.0 Å². The second kappa shape index (κ2) is 7.59. The van der Waals surface area contributed by atoms with Crippen molar-refractivity contribution in [3.63, 3.8) is 0 Å². The van der Waals surface area contributed by atoms with Gasteiger partial charge in [0.15, 0.2) is 11.5 Å². The van der Waals surface area contributed by atoms with E-state index in [9.17, 15) is 9.59 Å². The summed E-state index contributed by atoms with van der Waals surface area (Å²) in [5, 5.41) is 13.9. The third-order valence-corrected chi connectivity index (χ3v) is 4.30. The van der Waals surface area contributed by atoms with Crippen LogP contribution >= 0.6 is 11.6 Å². The summed E-state index contributed by atoms with van der Waals surface area (Å²) in [6.45, 7) is 5.19. The monoisotopic (exact) mass is 383 g/mol. The first kappa shape index (κ1) is 18.6. The van der Waals surface area contributed by atoms with E-state index in [2.05, 4.69) is 20.9 Å². The summed E-state index contributed by atoms with van der Waals surface area (Å²) in [5.41, 5.74) is 3.18. The summed E-state index contributed by atoms with van der Waals surface area (Å²) < 4.78 is 1.41. The molecule has 0 spiro atoms. The largest absolute Gasteiger partial charge is 0.320 e. The van der Waals surface area contributed by atoms with E-state index >= 15 is 0 Å². The van der Waals surface area contributed by atoms with Crippen LogP contribution in [0.5, 0.6) is 0 Å². The van der Waals surface area contributed by atoms with E-state index in [0.717, 1.165) is 11.1 Å². The van der Waals surface area contributed by atoms with Crippen LogP contribution in [0.3, 0.4) is 0 Å². The zero-order valence-corrected chi connectivity index (χ0v) is 15.8. The Morgan fingerprint density at radius 2 is 1.74 bits per heavy atom. The van der Waals surface area contributed by atoms with E-state index in [1.54, 1.807) is 18.2 Å². The lowest BCUT2D eigenvalue weighted by atomic mass is 10.2. The Morgan fingerprint density at radius 1 is 1.04 bits per heavy atom. The number of aryl methyl sites for hydroxylation is 2. The molecule has 0 saturated heterocycles. The van der Waals surface area contributed by atoms with Crippen molar-refractivity contribution < 1.29 is 9.59 Å². The average Bonchev–Trinajstić information content (AvgIpc) is 3.02. The summed E-state index contributed by atoms with van der Waals surface area (Å²) in [6, 6.07) is 12.7. The fraction of sp³-hybridized carbons (Fsp3) is 0.158. The highest BCUT2D eigenvalue weighted by molar-refractivity contribution is 6.31. The molecule has 1 aromatic heterocycles. The van der Waals surface area contributed by atoms with Crippen molar-refractivity contribution in [2.24, 2.45) is 0 Å². The second-order valence-corrected chi connectivity index (χ2v) is 6.54. The van der Waals surface area contributed by atoms with Crippen LogP contribution in [0, 0.1) is 13.8 Å². The van der Waals surface area contributed by atoms with Crippen molar-refractivity contribution in [1.29, 1.82) is 0 Å². The third kappa shape index (κ3) is 4.15. The molecule has 3 rings (SSSR count). The maximum Gasteiger partial charge on any atom is 0.280 e. The lowest BCUT2D eigenvalue weighted by molar-refractivity contribution is -0.114. The van der Waals surface area contributed by atoms with Gasteiger partial charge in [-0.15, -0.1) is 5.10 Å². The fourth-order valence-corrected chi connectivity index (χ4v) is 2.62. The van der Waals surface area contributed by atoms with Gasteiger partial charge in [0, 0.05) is 17.6 Å². The number of aromatic nitrogens is 3. The molecule has 0 unspecified atom stereocenters. The number of carbonyl (C=O) groups is 2. The molecule has 138 valence electrons. The molecule has 2 aromatic carbocycles. The van der Waals surface area contributed by atoms with Crippen molar-refractivity contribution in [3.05, 3.63) is 64.3 Å². The minimum Gasteiger partial charge on any atom is -0.320 e. The van der Waals surface area contributed by atoms with Crippen molar-refractivity contribution in [3.8, 4) is 5.69 Å². The lowest BCUT2D eigenvalue weighted by Gasteiger charge is -2.09. The highest BCUT2D eigenvalue weighted by Crippen LogP contribution is 2.23. The smallest absolute Gasteiger partial charge is 0.280 e. The van der Waals surface area contributed by atoms with Crippen LogP contribution in [0.15, 0.2) is 42.5 Å². The minimum atomic E-state index is -0.503. The minimum absolute atomic E-state index is 0.00229. The van der Waals surface area contributed by atoms with E-state index in [4.69, 9.17) is 11.6 Å². The van der Waals surface area contributed by atoms with Gasteiger partial charge < -0.3 is 10.6 Å². The molecule has 3 aromatic rings. The molecule has 2 amide bonds. The van der Waals surface area contributed by atoms with E-state index in [0.29, 0.717) is 16.4 Å². The van der Waals surface area contributed by atoms with E-state index in [1.165, 1.54) is 11.6 Å². The molecule has 0 aliphatic carbocycles. The Balaban J connectivity index is 1.96. The van der Waals surface area contributed by atoms with Gasteiger partial charge in [0.1, 0.15) is 0 Å². The predicted molar refractivity (Wildman–Crippen MR) is 105 cm³/mol. The molecule has 8 heteroatoms. The summed E-state index contributed by atoms with van der Waals surface area (Å²) in [6.07, 6.45) is 0. The molecule has 0 fully saturated rings. The summed E-state index contributed by atoms with van der Waals surface area (Å²) in [7, 11) is 0. The molecule has 27 heavy (non-hydrogen) atoms. The van der Waals surface area contributed by atoms with Crippen LogP contribution in [0.4, 0.5) is 11.5 Å². The molecule has 0 radical (unpaired) electrons. The number of benzene rings is 2. The molecule has 1 heterocycles. The number of amides is 2. The molecular formula is C19H18ClN5O2. The van der Waals surface area contributed by atoms with Crippen molar-refractivity contribution in [2.75, 3.05) is 10.6 Å². The predicted octanol–water partition coefficient (Wildman–Crippen LogP) is 3.75. The molecule has 0 aliphatic heterocycles. The SMILES string of the molecule is CC(=O)Nc1c(C(=O)Nc2ccc(C)c(Cl)c2)nnn1-c1ccc(C)cc1. The van der Waals surface area contributed by atoms with Gasteiger partial charge in [-0.25, -0.2) is 0 Å². The van der Waals surface area contributed by atoms with Crippen LogP contribution in [-0.4, -0.2) is 26.8 Å². The molecule has 0 bridgehead atoms. The number of nitrogens with zero attached hydrogens (tertiary/aromatic N) is 3. The number of anilines is 2. The first-order valence-electron chi connectivity index (χ1n) is 8.23. The van der Waals surface area contributed by atoms with Gasteiger partial charge in [-0.05, 0) is 43.7 Å². The summed E-state index contributed by atoms with van der Waals surface area (Å²) in [4.78, 5) is 24.3. The van der Waals surface area contributed by atoms with Gasteiger partial charge in [0.25, 0.3) is 5.91 Å². The quantitative estimate of drug-likeness (QED) is 0.718. The summed E-state index contributed by atoms with van der Waals surface area (Å²) in [5.74, 6) is -0.641.